The van der Waals surface area contributed by atoms with Gasteiger partial charge in [-0.25, -0.2) is 4.79 Å². The number of esters is 1. The normalized spacial score (nSPS) is 12.1. The topological polar surface area (TPSA) is 143 Å². The van der Waals surface area contributed by atoms with Crippen LogP contribution >= 0.6 is 24.8 Å². The van der Waals surface area contributed by atoms with E-state index in [2.05, 4.69) is 4.99 Å². The summed E-state index contributed by atoms with van der Waals surface area (Å²) in [6.45, 7) is 2.48. The van der Waals surface area contributed by atoms with Gasteiger partial charge in [-0.3, -0.25) is 4.99 Å². The van der Waals surface area contributed by atoms with Gasteiger partial charge in [0.1, 0.15) is 11.8 Å². The van der Waals surface area contributed by atoms with Crippen LogP contribution in [0.15, 0.2) is 29.3 Å². The van der Waals surface area contributed by atoms with Gasteiger partial charge >= 0.3 is 5.97 Å². The van der Waals surface area contributed by atoms with E-state index in [9.17, 15) is 4.79 Å². The Hall–Kier alpha value is -1.54. The number of ether oxygens (including phenoxy) is 1. The van der Waals surface area contributed by atoms with Crippen molar-refractivity contribution in [1.82, 2.24) is 0 Å². The van der Waals surface area contributed by atoms with Crippen molar-refractivity contribution in [2.75, 3.05) is 6.54 Å². The Morgan fingerprint density at radius 3 is 2.24 bits per heavy atom. The highest BCUT2D eigenvalue weighted by molar-refractivity contribution is 5.85. The SMILES string of the molecule is C[C@@H](N)Cc1ccc(OC(=O)C(N)CCCCN=C(N)N)cc1.Cl.Cl. The lowest BCUT2D eigenvalue weighted by Gasteiger charge is -2.11. The quantitative estimate of drug-likeness (QED) is 0.162. The van der Waals surface area contributed by atoms with Crippen LogP contribution in [-0.2, 0) is 11.2 Å². The van der Waals surface area contributed by atoms with Crippen LogP contribution in [0.3, 0.4) is 0 Å². The van der Waals surface area contributed by atoms with E-state index in [1.165, 1.54) is 0 Å². The molecule has 1 aromatic rings. The minimum atomic E-state index is -0.655. The first kappa shape index (κ1) is 25.7. The number of aliphatic imine (C=N–C) groups is 1. The van der Waals surface area contributed by atoms with Gasteiger partial charge in [-0.15, -0.1) is 24.8 Å². The number of rotatable bonds is 9. The van der Waals surface area contributed by atoms with E-state index >= 15 is 0 Å². The second-order valence-corrected chi connectivity index (χ2v) is 5.66. The van der Waals surface area contributed by atoms with Crippen LogP contribution in [0, 0.1) is 0 Å². The van der Waals surface area contributed by atoms with E-state index in [1.807, 2.05) is 19.1 Å². The van der Waals surface area contributed by atoms with Gasteiger partial charge in [-0.1, -0.05) is 12.1 Å². The minimum absolute atomic E-state index is 0. The number of unbranched alkanes of at least 4 members (excludes halogenated alkanes) is 1. The van der Waals surface area contributed by atoms with Crippen molar-refractivity contribution in [2.45, 2.75) is 44.7 Å². The zero-order valence-corrected chi connectivity index (χ0v) is 16.0. The van der Waals surface area contributed by atoms with Crippen LogP contribution in [0.4, 0.5) is 0 Å². The molecule has 0 spiro atoms. The summed E-state index contributed by atoms with van der Waals surface area (Å²) in [7, 11) is 0. The van der Waals surface area contributed by atoms with Crippen molar-refractivity contribution >= 4 is 36.7 Å². The third-order valence-electron chi connectivity index (χ3n) is 3.22. The highest BCUT2D eigenvalue weighted by Gasteiger charge is 2.15. The fraction of sp³-hybridized carbons (Fsp3) is 0.500. The van der Waals surface area contributed by atoms with Gasteiger partial charge in [0.05, 0.1) is 0 Å². The third kappa shape index (κ3) is 11.6. The Morgan fingerprint density at radius 2 is 1.72 bits per heavy atom. The minimum Gasteiger partial charge on any atom is -0.425 e. The molecule has 0 aliphatic rings. The summed E-state index contributed by atoms with van der Waals surface area (Å²) in [5, 5.41) is 0. The molecule has 0 fully saturated rings. The predicted molar refractivity (Wildman–Crippen MR) is 106 cm³/mol. The second kappa shape index (κ2) is 13.7. The van der Waals surface area contributed by atoms with E-state index in [0.717, 1.165) is 24.8 Å². The highest BCUT2D eigenvalue weighted by Crippen LogP contribution is 2.14. The molecule has 9 heteroatoms. The van der Waals surface area contributed by atoms with E-state index in [4.69, 9.17) is 27.7 Å². The molecule has 1 unspecified atom stereocenters. The average Bonchev–Trinajstić information content (AvgIpc) is 2.47. The van der Waals surface area contributed by atoms with Crippen molar-refractivity contribution in [3.8, 4) is 5.75 Å². The Morgan fingerprint density at radius 1 is 1.12 bits per heavy atom. The van der Waals surface area contributed by atoms with Gasteiger partial charge in [0.15, 0.2) is 5.96 Å². The van der Waals surface area contributed by atoms with E-state index in [0.29, 0.717) is 18.7 Å². The molecule has 0 aromatic heterocycles. The highest BCUT2D eigenvalue weighted by atomic mass is 35.5. The first-order chi connectivity index (χ1) is 10.9. The van der Waals surface area contributed by atoms with Gasteiger partial charge in [0, 0.05) is 12.6 Å². The number of benzene rings is 1. The molecule has 0 amide bonds. The van der Waals surface area contributed by atoms with Crippen molar-refractivity contribution in [2.24, 2.45) is 27.9 Å². The maximum atomic E-state index is 11.9. The lowest BCUT2D eigenvalue weighted by atomic mass is 10.1. The van der Waals surface area contributed by atoms with Crippen LogP contribution < -0.4 is 27.7 Å². The van der Waals surface area contributed by atoms with Crippen molar-refractivity contribution in [3.05, 3.63) is 29.8 Å². The predicted octanol–water partition coefficient (Wildman–Crippen LogP) is 1.10. The molecule has 0 bridgehead atoms. The number of carbonyl (C=O) groups excluding carboxylic acids is 1. The lowest BCUT2D eigenvalue weighted by Crippen LogP contribution is -2.34. The van der Waals surface area contributed by atoms with Crippen LogP contribution in [0.1, 0.15) is 31.7 Å². The standard InChI is InChI=1S/C16H27N5O2.2ClH/c1-11(17)10-12-5-7-13(8-6-12)23-15(22)14(18)4-2-3-9-21-16(19)20;;/h5-8,11,14H,2-4,9-10,17-18H2,1H3,(H4,19,20,21);2*1H/t11-,14?;;/m1../s1. The maximum Gasteiger partial charge on any atom is 0.328 e. The van der Waals surface area contributed by atoms with Crippen molar-refractivity contribution < 1.29 is 9.53 Å². The first-order valence-electron chi connectivity index (χ1n) is 7.75. The molecule has 0 saturated carbocycles. The zero-order chi connectivity index (χ0) is 17.2. The Balaban J connectivity index is 0. The number of hydrogen-bond acceptors (Lipinski definition) is 5. The summed E-state index contributed by atoms with van der Waals surface area (Å²) < 4.78 is 5.27. The van der Waals surface area contributed by atoms with E-state index in [-0.39, 0.29) is 36.8 Å². The molecular weight excluding hydrogens is 365 g/mol. The Labute approximate surface area is 161 Å². The smallest absolute Gasteiger partial charge is 0.328 e. The molecule has 2 atom stereocenters. The first-order valence-corrected chi connectivity index (χ1v) is 7.75. The van der Waals surface area contributed by atoms with E-state index < -0.39 is 12.0 Å². The number of guanidine groups is 1. The Bertz CT molecular complexity index is 520. The summed E-state index contributed by atoms with van der Waals surface area (Å²) in [5.41, 5.74) is 23.1. The largest absolute Gasteiger partial charge is 0.425 e. The second-order valence-electron chi connectivity index (χ2n) is 5.66. The van der Waals surface area contributed by atoms with Crippen LogP contribution in [-0.4, -0.2) is 30.6 Å². The number of hydrogen-bond donors (Lipinski definition) is 4. The molecule has 0 aliphatic carbocycles. The molecule has 0 saturated heterocycles. The van der Waals surface area contributed by atoms with Gasteiger partial charge in [-0.2, -0.15) is 0 Å². The summed E-state index contributed by atoms with van der Waals surface area (Å²) in [6, 6.07) is 6.73. The monoisotopic (exact) mass is 393 g/mol. The molecule has 8 N–H and O–H groups in total. The summed E-state index contributed by atoms with van der Waals surface area (Å²) in [5.74, 6) is 0.118. The molecule has 0 radical (unpaired) electrons. The van der Waals surface area contributed by atoms with Gasteiger partial charge in [0.25, 0.3) is 0 Å². The molecule has 0 heterocycles. The number of carbonyl (C=O) groups is 1. The number of nitrogens with two attached hydrogens (primary N) is 4. The number of nitrogens with zero attached hydrogens (tertiary/aromatic N) is 1. The fourth-order valence-electron chi connectivity index (χ4n) is 2.06. The van der Waals surface area contributed by atoms with Crippen molar-refractivity contribution in [3.63, 3.8) is 0 Å². The summed E-state index contributed by atoms with van der Waals surface area (Å²) >= 11 is 0. The lowest BCUT2D eigenvalue weighted by molar-refractivity contribution is -0.136. The van der Waals surface area contributed by atoms with Crippen LogP contribution in [0.2, 0.25) is 0 Å². The average molecular weight is 394 g/mol. The zero-order valence-electron chi connectivity index (χ0n) is 14.4. The van der Waals surface area contributed by atoms with Crippen LogP contribution in [0.5, 0.6) is 5.75 Å². The molecule has 1 aromatic carbocycles. The van der Waals surface area contributed by atoms with Crippen molar-refractivity contribution in [1.29, 1.82) is 0 Å². The Kier molecular flexibility index (Phi) is 14.1. The molecule has 7 nitrogen and oxygen atoms in total. The molecule has 1 rings (SSSR count). The molecule has 144 valence electrons. The van der Waals surface area contributed by atoms with Gasteiger partial charge in [-0.05, 0) is 50.3 Å². The summed E-state index contributed by atoms with van der Waals surface area (Å²) in [4.78, 5) is 15.8. The molecule has 25 heavy (non-hydrogen) atoms. The number of halogens is 2. The van der Waals surface area contributed by atoms with E-state index in [1.54, 1.807) is 12.1 Å². The van der Waals surface area contributed by atoms with Gasteiger partial charge in [0.2, 0.25) is 0 Å². The van der Waals surface area contributed by atoms with Gasteiger partial charge < -0.3 is 27.7 Å². The summed E-state index contributed by atoms with van der Waals surface area (Å²) in [6.07, 6.45) is 2.83. The molecule has 0 aliphatic heterocycles. The molecular formula is C16H29Cl2N5O2. The fourth-order valence-corrected chi connectivity index (χ4v) is 2.06. The maximum absolute atomic E-state index is 11.9. The third-order valence-corrected chi connectivity index (χ3v) is 3.22. The van der Waals surface area contributed by atoms with Crippen LogP contribution in [0.25, 0.3) is 0 Å².